The van der Waals surface area contributed by atoms with Crippen LogP contribution < -0.4 is 5.32 Å². The van der Waals surface area contributed by atoms with Gasteiger partial charge in [-0.25, -0.2) is 0 Å². The van der Waals surface area contributed by atoms with Gasteiger partial charge in [-0.3, -0.25) is 0 Å². The molecule has 0 atom stereocenters. The molecule has 0 aromatic carbocycles. The molecule has 0 saturated carbocycles. The van der Waals surface area contributed by atoms with Gasteiger partial charge in [0.15, 0.2) is 6.71 Å². The summed E-state index contributed by atoms with van der Waals surface area (Å²) in [5, 5.41) is 3.40. The van der Waals surface area contributed by atoms with Gasteiger partial charge < -0.3 is 5.32 Å². The Morgan fingerprint density at radius 3 is 2.09 bits per heavy atom. The molecule has 1 nitrogen and oxygen atoms in total. The van der Waals surface area contributed by atoms with Crippen molar-refractivity contribution in [1.29, 1.82) is 0 Å². The highest BCUT2D eigenvalue weighted by molar-refractivity contribution is 6.66. The zero-order valence-corrected chi connectivity index (χ0v) is 8.28. The van der Waals surface area contributed by atoms with Crippen LogP contribution >= 0.6 is 0 Å². The minimum atomic E-state index is 0.736. The van der Waals surface area contributed by atoms with E-state index in [-0.39, 0.29) is 0 Å². The highest BCUT2D eigenvalue weighted by Gasteiger charge is 2.12. The van der Waals surface area contributed by atoms with Gasteiger partial charge in [0.2, 0.25) is 0 Å². The molecule has 0 aliphatic heterocycles. The van der Waals surface area contributed by atoms with Crippen molar-refractivity contribution in [2.75, 3.05) is 6.54 Å². The molecule has 64 valence electrons. The summed E-state index contributed by atoms with van der Waals surface area (Å²) in [5.41, 5.74) is 1.41. The fourth-order valence-corrected chi connectivity index (χ4v) is 1.41. The Morgan fingerprint density at radius 2 is 1.82 bits per heavy atom. The van der Waals surface area contributed by atoms with Gasteiger partial charge in [-0.2, -0.15) is 0 Å². The van der Waals surface area contributed by atoms with Crippen LogP contribution in [0.5, 0.6) is 0 Å². The lowest BCUT2D eigenvalue weighted by molar-refractivity contribution is 0.887. The third-order valence-corrected chi connectivity index (χ3v) is 2.12. The molecular formula is C9H20BN. The minimum absolute atomic E-state index is 0.736. The summed E-state index contributed by atoms with van der Waals surface area (Å²) in [5.74, 6) is 0. The average molecular weight is 153 g/mol. The van der Waals surface area contributed by atoms with Gasteiger partial charge in [0, 0.05) is 6.54 Å². The van der Waals surface area contributed by atoms with Gasteiger partial charge in [-0.15, -0.1) is 0 Å². The van der Waals surface area contributed by atoms with Crippen molar-refractivity contribution in [3.8, 4) is 0 Å². The first kappa shape index (κ1) is 10.6. The Kier molecular flexibility index (Phi) is 6.10. The summed E-state index contributed by atoms with van der Waals surface area (Å²) < 4.78 is 0. The monoisotopic (exact) mass is 153 g/mol. The molecule has 0 heterocycles. The van der Waals surface area contributed by atoms with E-state index in [4.69, 9.17) is 0 Å². The Hall–Kier alpha value is -0.395. The molecule has 0 spiro atoms. The Labute approximate surface area is 71.3 Å². The highest BCUT2D eigenvalue weighted by atomic mass is 14.8. The van der Waals surface area contributed by atoms with Crippen molar-refractivity contribution >= 4 is 6.71 Å². The Balaban J connectivity index is 3.99. The van der Waals surface area contributed by atoms with Gasteiger partial charge in [0.25, 0.3) is 0 Å². The second kappa shape index (κ2) is 6.32. The van der Waals surface area contributed by atoms with Gasteiger partial charge in [0.1, 0.15) is 0 Å². The van der Waals surface area contributed by atoms with Crippen molar-refractivity contribution in [1.82, 2.24) is 5.32 Å². The van der Waals surface area contributed by atoms with E-state index in [1.807, 2.05) is 0 Å². The molecule has 0 aromatic heterocycles. The van der Waals surface area contributed by atoms with Crippen molar-refractivity contribution in [2.24, 2.45) is 0 Å². The molecule has 2 heteroatoms. The van der Waals surface area contributed by atoms with Crippen LogP contribution in [0.3, 0.4) is 0 Å². The van der Waals surface area contributed by atoms with Crippen LogP contribution in [0.15, 0.2) is 11.7 Å². The van der Waals surface area contributed by atoms with E-state index in [1.165, 1.54) is 18.2 Å². The molecule has 0 aliphatic rings. The normalized spacial score (nSPS) is 11.5. The van der Waals surface area contributed by atoms with Crippen LogP contribution in [0.2, 0.25) is 12.6 Å². The molecule has 0 bridgehead atoms. The van der Waals surface area contributed by atoms with E-state index < -0.39 is 0 Å². The largest absolute Gasteiger partial charge is 0.396 e. The first-order valence-corrected chi connectivity index (χ1v) is 4.70. The lowest BCUT2D eigenvalue weighted by atomic mass is 9.43. The minimum Gasteiger partial charge on any atom is -0.396 e. The van der Waals surface area contributed by atoms with E-state index in [2.05, 4.69) is 39.1 Å². The first-order valence-electron chi connectivity index (χ1n) is 4.70. The second-order valence-corrected chi connectivity index (χ2v) is 2.79. The summed E-state index contributed by atoms with van der Waals surface area (Å²) in [6, 6.07) is 0. The van der Waals surface area contributed by atoms with Gasteiger partial charge >= 0.3 is 0 Å². The molecule has 0 unspecified atom stereocenters. The SMILES string of the molecule is C/C=C(/NCC)B(CC)CC. The Morgan fingerprint density at radius 1 is 1.27 bits per heavy atom. The quantitative estimate of drug-likeness (QED) is 0.598. The van der Waals surface area contributed by atoms with Gasteiger partial charge in [0.05, 0.1) is 0 Å². The number of hydrogen-bond acceptors (Lipinski definition) is 1. The van der Waals surface area contributed by atoms with Crippen molar-refractivity contribution < 1.29 is 0 Å². The summed E-state index contributed by atoms with van der Waals surface area (Å²) in [4.78, 5) is 0. The summed E-state index contributed by atoms with van der Waals surface area (Å²) >= 11 is 0. The molecule has 0 aliphatic carbocycles. The molecule has 11 heavy (non-hydrogen) atoms. The summed E-state index contributed by atoms with van der Waals surface area (Å²) in [6.07, 6.45) is 4.67. The molecule has 0 rings (SSSR count). The number of rotatable bonds is 5. The lowest BCUT2D eigenvalue weighted by Gasteiger charge is -2.14. The van der Waals surface area contributed by atoms with E-state index in [0.717, 1.165) is 13.3 Å². The fourth-order valence-electron chi connectivity index (χ4n) is 1.41. The van der Waals surface area contributed by atoms with Crippen LogP contribution in [0.4, 0.5) is 0 Å². The van der Waals surface area contributed by atoms with E-state index >= 15 is 0 Å². The molecule has 0 radical (unpaired) electrons. The van der Waals surface area contributed by atoms with Crippen molar-refractivity contribution in [3.63, 3.8) is 0 Å². The molecule has 0 saturated heterocycles. The number of nitrogens with one attached hydrogen (secondary N) is 1. The highest BCUT2D eigenvalue weighted by Crippen LogP contribution is 2.06. The summed E-state index contributed by atoms with van der Waals surface area (Å²) in [6.45, 7) is 10.5. The van der Waals surface area contributed by atoms with E-state index in [1.54, 1.807) is 0 Å². The topological polar surface area (TPSA) is 12.0 Å². The summed E-state index contributed by atoms with van der Waals surface area (Å²) in [7, 11) is 0. The Bertz CT molecular complexity index is 117. The smallest absolute Gasteiger partial charge is 0.195 e. The zero-order chi connectivity index (χ0) is 8.69. The van der Waals surface area contributed by atoms with Crippen LogP contribution in [-0.4, -0.2) is 13.3 Å². The number of allylic oxidation sites excluding steroid dienone is 1. The van der Waals surface area contributed by atoms with Crippen LogP contribution in [0, 0.1) is 0 Å². The van der Waals surface area contributed by atoms with Gasteiger partial charge in [-0.1, -0.05) is 32.6 Å². The third-order valence-electron chi connectivity index (χ3n) is 2.12. The average Bonchev–Trinajstić information content (AvgIpc) is 2.05. The molecule has 0 amide bonds. The van der Waals surface area contributed by atoms with E-state index in [9.17, 15) is 0 Å². The molecule has 0 fully saturated rings. The van der Waals surface area contributed by atoms with Crippen LogP contribution in [0.25, 0.3) is 0 Å². The fraction of sp³-hybridized carbons (Fsp3) is 0.778. The van der Waals surface area contributed by atoms with Crippen LogP contribution in [-0.2, 0) is 0 Å². The number of hydrogen-bond donors (Lipinski definition) is 1. The molecule has 1 N–H and O–H groups in total. The maximum absolute atomic E-state index is 3.40. The standard InChI is InChI=1S/C9H20BN/c1-5-9(11-8-4)10(6-2)7-3/h5,11H,6-8H2,1-4H3/b9-5+. The molecule has 0 aromatic rings. The maximum Gasteiger partial charge on any atom is 0.195 e. The predicted molar refractivity (Wildman–Crippen MR) is 54.1 cm³/mol. The van der Waals surface area contributed by atoms with Crippen LogP contribution in [0.1, 0.15) is 27.7 Å². The predicted octanol–water partition coefficient (Wildman–Crippen LogP) is 2.57. The van der Waals surface area contributed by atoms with Gasteiger partial charge in [-0.05, 0) is 19.4 Å². The first-order chi connectivity index (χ1) is 5.29. The zero-order valence-electron chi connectivity index (χ0n) is 8.28. The third kappa shape index (κ3) is 3.50. The van der Waals surface area contributed by atoms with E-state index in [0.29, 0.717) is 0 Å². The second-order valence-electron chi connectivity index (χ2n) is 2.79. The van der Waals surface area contributed by atoms with Crippen molar-refractivity contribution in [2.45, 2.75) is 40.3 Å². The molecular weight excluding hydrogens is 133 g/mol. The lowest BCUT2D eigenvalue weighted by Crippen LogP contribution is -2.26. The maximum atomic E-state index is 3.40. The van der Waals surface area contributed by atoms with Crippen molar-refractivity contribution in [3.05, 3.63) is 11.7 Å².